The van der Waals surface area contributed by atoms with Crippen LogP contribution < -0.4 is 4.90 Å². The van der Waals surface area contributed by atoms with Crippen LogP contribution in [0.4, 0.5) is 10.5 Å². The number of fused-ring (bicyclic) bond motifs is 1. The molecule has 2 atom stereocenters. The smallest absolute Gasteiger partial charge is 0.324 e. The maximum atomic E-state index is 12.6. The first-order valence-electron chi connectivity index (χ1n) is 7.44. The fourth-order valence-corrected chi connectivity index (χ4v) is 4.65. The van der Waals surface area contributed by atoms with Gasteiger partial charge in [-0.05, 0) is 37.0 Å². The van der Waals surface area contributed by atoms with Gasteiger partial charge >= 0.3 is 6.03 Å². The van der Waals surface area contributed by atoms with Gasteiger partial charge in [-0.1, -0.05) is 11.6 Å². The van der Waals surface area contributed by atoms with E-state index in [0.29, 0.717) is 41.3 Å². The van der Waals surface area contributed by atoms with Crippen LogP contribution in [-0.2, 0) is 10.1 Å². The normalized spacial score (nSPS) is 23.5. The van der Waals surface area contributed by atoms with E-state index >= 15 is 0 Å². The molecule has 0 N–H and O–H groups in total. The van der Waals surface area contributed by atoms with Crippen LogP contribution in [0.1, 0.15) is 17.5 Å². The zero-order chi connectivity index (χ0) is 17.6. The third-order valence-corrected chi connectivity index (χ3v) is 6.04. The number of carbonyl (C=O) groups excluding carboxylic acids is 1. The number of urea groups is 1. The fraction of sp³-hybridized carbons (Fsp3) is 0.467. The van der Waals surface area contributed by atoms with Gasteiger partial charge in [0.2, 0.25) is 0 Å². The van der Waals surface area contributed by atoms with Crippen molar-refractivity contribution in [3.63, 3.8) is 0 Å². The lowest BCUT2D eigenvalue weighted by Crippen LogP contribution is -2.33. The van der Waals surface area contributed by atoms with Crippen molar-refractivity contribution in [2.75, 3.05) is 23.7 Å². The molecule has 1 aromatic rings. The Labute approximate surface area is 145 Å². The summed E-state index contributed by atoms with van der Waals surface area (Å²) in [5, 5.41) is 9.32. The monoisotopic (exact) mass is 368 g/mol. The Balaban J connectivity index is 1.90. The fourth-order valence-electron chi connectivity index (χ4n) is 3.53. The minimum atomic E-state index is -4.33. The minimum absolute atomic E-state index is 0.227. The summed E-state index contributed by atoms with van der Waals surface area (Å²) >= 11 is 6.17. The topological polar surface area (TPSA) is 105 Å². The van der Waals surface area contributed by atoms with E-state index in [2.05, 4.69) is 0 Å². The molecular formula is C15H15ClN3O4S-. The summed E-state index contributed by atoms with van der Waals surface area (Å²) in [6, 6.07) is 4.69. The van der Waals surface area contributed by atoms with Crippen molar-refractivity contribution in [1.29, 1.82) is 5.26 Å². The number of nitriles is 1. The van der Waals surface area contributed by atoms with E-state index in [9.17, 15) is 17.8 Å². The lowest BCUT2D eigenvalue weighted by Gasteiger charge is -2.21. The number of benzene rings is 1. The van der Waals surface area contributed by atoms with Gasteiger partial charge in [-0.3, -0.25) is 4.90 Å². The average molecular weight is 369 g/mol. The maximum Gasteiger partial charge on any atom is 0.324 e. The lowest BCUT2D eigenvalue weighted by atomic mass is 10.0. The molecule has 2 heterocycles. The largest absolute Gasteiger partial charge is 0.748 e. The van der Waals surface area contributed by atoms with Gasteiger partial charge < -0.3 is 9.45 Å². The van der Waals surface area contributed by atoms with Crippen LogP contribution in [0.2, 0.25) is 5.02 Å². The number of hydrogen-bond donors (Lipinski definition) is 0. The highest BCUT2D eigenvalue weighted by atomic mass is 35.5. The molecule has 2 fully saturated rings. The molecule has 1 unspecified atom stereocenters. The molecule has 0 radical (unpaired) electrons. The molecule has 7 nitrogen and oxygen atoms in total. The second kappa shape index (κ2) is 5.92. The SMILES string of the molecule is Cc1c(N2CC3[C@@H](CS(=O)(=O)[O-])CCN3C2=O)ccc(C#N)c1Cl. The summed E-state index contributed by atoms with van der Waals surface area (Å²) in [5.74, 6) is -0.807. The summed E-state index contributed by atoms with van der Waals surface area (Å²) in [6.07, 6.45) is 0.513. The number of hydrogen-bond acceptors (Lipinski definition) is 5. The Morgan fingerprint density at radius 3 is 2.79 bits per heavy atom. The van der Waals surface area contributed by atoms with Gasteiger partial charge in [-0.25, -0.2) is 13.2 Å². The van der Waals surface area contributed by atoms with Gasteiger partial charge in [0.25, 0.3) is 0 Å². The van der Waals surface area contributed by atoms with E-state index in [4.69, 9.17) is 16.9 Å². The molecule has 2 amide bonds. The zero-order valence-corrected chi connectivity index (χ0v) is 14.5. The number of carbonyl (C=O) groups is 1. The average Bonchev–Trinajstić information content (AvgIpc) is 3.02. The molecule has 2 aliphatic rings. The minimum Gasteiger partial charge on any atom is -0.748 e. The van der Waals surface area contributed by atoms with Crippen LogP contribution in [0.15, 0.2) is 12.1 Å². The Morgan fingerprint density at radius 2 is 2.17 bits per heavy atom. The molecule has 0 saturated carbocycles. The Hall–Kier alpha value is -1.82. The van der Waals surface area contributed by atoms with Crippen LogP contribution in [0.3, 0.4) is 0 Å². The van der Waals surface area contributed by atoms with Crippen molar-refractivity contribution in [3.05, 3.63) is 28.3 Å². The van der Waals surface area contributed by atoms with Gasteiger partial charge in [-0.2, -0.15) is 5.26 Å². The van der Waals surface area contributed by atoms with Gasteiger partial charge in [0.15, 0.2) is 0 Å². The summed E-state index contributed by atoms with van der Waals surface area (Å²) in [5.41, 5.74) is 1.56. The van der Waals surface area contributed by atoms with E-state index in [0.717, 1.165) is 0 Å². The summed E-state index contributed by atoms with van der Waals surface area (Å²) < 4.78 is 33.2. The third-order valence-electron chi connectivity index (χ3n) is 4.72. The van der Waals surface area contributed by atoms with E-state index in [1.165, 1.54) is 4.90 Å². The highest BCUT2D eigenvalue weighted by Crippen LogP contribution is 2.37. The molecule has 128 valence electrons. The molecule has 1 aromatic carbocycles. The highest BCUT2D eigenvalue weighted by Gasteiger charge is 2.46. The molecule has 0 aromatic heterocycles. The van der Waals surface area contributed by atoms with Gasteiger partial charge in [0.05, 0.1) is 26.7 Å². The first-order valence-corrected chi connectivity index (χ1v) is 9.39. The molecule has 24 heavy (non-hydrogen) atoms. The Bertz CT molecular complexity index is 849. The summed E-state index contributed by atoms with van der Waals surface area (Å²) in [7, 11) is -4.33. The van der Waals surface area contributed by atoms with Gasteiger partial charge in [0.1, 0.15) is 6.07 Å². The van der Waals surface area contributed by atoms with E-state index < -0.39 is 15.9 Å². The van der Waals surface area contributed by atoms with Crippen molar-refractivity contribution < 1.29 is 17.8 Å². The van der Waals surface area contributed by atoms with Crippen LogP contribution in [0.5, 0.6) is 0 Å². The van der Waals surface area contributed by atoms with Crippen LogP contribution in [0.25, 0.3) is 0 Å². The van der Waals surface area contributed by atoms with Crippen molar-refractivity contribution >= 4 is 33.4 Å². The number of rotatable bonds is 3. The quantitative estimate of drug-likeness (QED) is 0.755. The maximum absolute atomic E-state index is 12.6. The Morgan fingerprint density at radius 1 is 1.46 bits per heavy atom. The van der Waals surface area contributed by atoms with Crippen molar-refractivity contribution in [1.82, 2.24) is 4.90 Å². The van der Waals surface area contributed by atoms with Crippen LogP contribution in [-0.4, -0.2) is 48.8 Å². The zero-order valence-electron chi connectivity index (χ0n) is 12.9. The highest BCUT2D eigenvalue weighted by molar-refractivity contribution is 7.85. The second-order valence-electron chi connectivity index (χ2n) is 6.11. The standard InChI is InChI=1S/C15H16ClN3O4S/c1-9-12(3-2-10(6-17)14(9)16)19-7-13-11(8-24(21,22)23)4-5-18(13)15(19)20/h2-3,11,13H,4-5,7-8H2,1H3,(H,21,22,23)/p-1/t11-,13?/m1/s1. The van der Waals surface area contributed by atoms with Gasteiger partial charge in [-0.15, -0.1) is 0 Å². The van der Waals surface area contributed by atoms with Crippen molar-refractivity contribution in [3.8, 4) is 6.07 Å². The summed E-state index contributed by atoms with van der Waals surface area (Å²) in [6.45, 7) is 2.47. The molecule has 9 heteroatoms. The lowest BCUT2D eigenvalue weighted by molar-refractivity contribution is 0.216. The third kappa shape index (κ3) is 2.83. The van der Waals surface area contributed by atoms with E-state index in [1.54, 1.807) is 24.0 Å². The number of halogens is 1. The van der Waals surface area contributed by atoms with Crippen LogP contribution in [0, 0.1) is 24.2 Å². The predicted molar refractivity (Wildman–Crippen MR) is 86.8 cm³/mol. The number of nitrogens with zero attached hydrogens (tertiary/aromatic N) is 3. The molecule has 0 spiro atoms. The molecule has 0 bridgehead atoms. The van der Waals surface area contributed by atoms with E-state index in [1.807, 2.05) is 6.07 Å². The van der Waals surface area contributed by atoms with E-state index in [-0.39, 0.29) is 18.0 Å². The molecular weight excluding hydrogens is 354 g/mol. The Kier molecular flexibility index (Phi) is 4.20. The van der Waals surface area contributed by atoms with Crippen molar-refractivity contribution in [2.24, 2.45) is 5.92 Å². The molecule has 3 rings (SSSR count). The first kappa shape index (κ1) is 17.0. The predicted octanol–water partition coefficient (Wildman–Crippen LogP) is 1.70. The van der Waals surface area contributed by atoms with Crippen molar-refractivity contribution in [2.45, 2.75) is 19.4 Å². The molecule has 0 aliphatic carbocycles. The molecule has 2 aliphatic heterocycles. The number of anilines is 1. The second-order valence-corrected chi connectivity index (χ2v) is 7.94. The molecule has 2 saturated heterocycles. The first-order chi connectivity index (χ1) is 11.2. The number of amides is 2. The van der Waals surface area contributed by atoms with Crippen LogP contribution >= 0.6 is 11.6 Å². The van der Waals surface area contributed by atoms with Gasteiger partial charge in [0, 0.05) is 24.5 Å². The summed E-state index contributed by atoms with van der Waals surface area (Å²) in [4.78, 5) is 15.8.